The smallest absolute Gasteiger partial charge is 0.335 e. The molecule has 0 spiro atoms. The van der Waals surface area contributed by atoms with Crippen LogP contribution in [-0.2, 0) is 9.47 Å². The zero-order chi connectivity index (χ0) is 56.4. The van der Waals surface area contributed by atoms with Crippen LogP contribution in [0.25, 0.3) is 33.8 Å². The van der Waals surface area contributed by atoms with Crippen LogP contribution in [-0.4, -0.2) is 192 Å². The number of fused-ring (bicyclic) bond motifs is 2. The molecule has 0 aliphatic carbocycles. The summed E-state index contributed by atoms with van der Waals surface area (Å²) in [7, 11) is 8.27. The van der Waals surface area contributed by atoms with Crippen molar-refractivity contribution < 1.29 is 33.8 Å². The lowest BCUT2D eigenvalue weighted by molar-refractivity contribution is 0.0399. The zero-order valence-electron chi connectivity index (χ0n) is 45.7. The highest BCUT2D eigenvalue weighted by molar-refractivity contribution is 6.01. The highest BCUT2D eigenvalue weighted by atomic mass is 16.5. The number of amides is 5. The van der Waals surface area contributed by atoms with Crippen molar-refractivity contribution in [3.8, 4) is 22.8 Å². The van der Waals surface area contributed by atoms with Gasteiger partial charge in [0.05, 0.1) is 32.0 Å². The van der Waals surface area contributed by atoms with Gasteiger partial charge < -0.3 is 65.7 Å². The Kier molecular flexibility index (Phi) is 18.7. The van der Waals surface area contributed by atoms with Gasteiger partial charge in [-0.05, 0) is 150 Å². The lowest BCUT2D eigenvalue weighted by Crippen LogP contribution is -2.59. The van der Waals surface area contributed by atoms with E-state index in [0.29, 0.717) is 72.4 Å². The highest BCUT2D eigenvalue weighted by Gasteiger charge is 2.32. The number of carboxylic acid groups (broad SMARTS) is 1. The average molecular weight is 1120 g/mol. The van der Waals surface area contributed by atoms with Gasteiger partial charge >= 0.3 is 18.0 Å². The Morgan fingerprint density at radius 1 is 0.537 bits per heavy atom. The van der Waals surface area contributed by atoms with Crippen molar-refractivity contribution in [1.82, 2.24) is 49.2 Å². The number of hydrogen-bond donors (Lipinski definition) is 6. The van der Waals surface area contributed by atoms with E-state index in [9.17, 15) is 19.2 Å². The number of likely N-dealkylation sites (tertiary alicyclic amines) is 1. The van der Waals surface area contributed by atoms with Crippen LogP contribution in [0, 0.1) is 0 Å². The number of carbonyl (C=O) groups is 4. The minimum absolute atomic E-state index is 0. The second-order valence-corrected chi connectivity index (χ2v) is 20.3. The van der Waals surface area contributed by atoms with Crippen LogP contribution in [0.15, 0.2) is 134 Å². The van der Waals surface area contributed by atoms with Crippen molar-refractivity contribution >= 4 is 69.4 Å². The number of urea groups is 2. The van der Waals surface area contributed by atoms with Crippen LogP contribution in [0.5, 0.6) is 0 Å². The maximum atomic E-state index is 12.6. The van der Waals surface area contributed by atoms with Crippen molar-refractivity contribution in [1.29, 1.82) is 0 Å². The lowest BCUT2D eigenvalue weighted by Gasteiger charge is -2.42. The van der Waals surface area contributed by atoms with Crippen molar-refractivity contribution in [3.05, 3.63) is 145 Å². The third-order valence-electron chi connectivity index (χ3n) is 14.3. The van der Waals surface area contributed by atoms with E-state index in [1.54, 1.807) is 36.4 Å². The van der Waals surface area contributed by atoms with Crippen molar-refractivity contribution in [2.24, 2.45) is 0 Å². The minimum atomic E-state index is -1.02. The summed E-state index contributed by atoms with van der Waals surface area (Å²) >= 11 is 0. The Balaban J connectivity index is 0.000000176. The van der Waals surface area contributed by atoms with E-state index >= 15 is 0 Å². The van der Waals surface area contributed by atoms with Gasteiger partial charge in [0.15, 0.2) is 23.3 Å². The molecule has 23 nitrogen and oxygen atoms in total. The van der Waals surface area contributed by atoms with Crippen LogP contribution >= 0.6 is 0 Å². The molecule has 82 heavy (non-hydrogen) atoms. The van der Waals surface area contributed by atoms with Crippen LogP contribution in [0.1, 0.15) is 28.1 Å². The van der Waals surface area contributed by atoms with Crippen LogP contribution in [0.3, 0.4) is 0 Å². The number of nitrogens with one attached hydrogen (secondary N) is 5. The first-order valence-electron chi connectivity index (χ1n) is 26.8. The molecule has 5 amide bonds. The van der Waals surface area contributed by atoms with Gasteiger partial charge in [-0.1, -0.05) is 7.43 Å². The fourth-order valence-corrected chi connectivity index (χ4v) is 9.25. The monoisotopic (exact) mass is 1110 g/mol. The first kappa shape index (κ1) is 57.7. The molecule has 4 aliphatic rings. The number of benzene rings is 4. The number of aromatic carboxylic acids is 1. The van der Waals surface area contributed by atoms with Gasteiger partial charge in [0.1, 0.15) is 11.0 Å². The summed E-state index contributed by atoms with van der Waals surface area (Å²) in [5.41, 5.74) is 6.64. The topological polar surface area (TPSA) is 244 Å². The predicted molar refractivity (Wildman–Crippen MR) is 318 cm³/mol. The fraction of sp³-hybridized carbons (Fsp3) is 0.322. The fourth-order valence-electron chi connectivity index (χ4n) is 9.25. The van der Waals surface area contributed by atoms with Crippen molar-refractivity contribution in [3.63, 3.8) is 0 Å². The van der Waals surface area contributed by atoms with Gasteiger partial charge in [0.25, 0.3) is 5.91 Å². The molecule has 8 aromatic rings. The molecule has 0 saturated carbocycles. The number of anilines is 6. The molecule has 4 saturated heterocycles. The molecule has 8 heterocycles. The Morgan fingerprint density at radius 3 is 1.26 bits per heavy atom. The number of nitrogens with zero attached hydrogens (tertiary/aromatic N) is 11. The molecule has 0 unspecified atom stereocenters. The van der Waals surface area contributed by atoms with E-state index < -0.39 is 12.0 Å². The number of hydrogen-bond acceptors (Lipinski definition) is 15. The second kappa shape index (κ2) is 26.5. The second-order valence-electron chi connectivity index (χ2n) is 20.3. The SMILES string of the molecule is C.CN(C)C1CN(C(=O)c2ccc(NC(=O)Nc3ccc(-c4nc(N5CCOCC5)c5cccn5n4)cc3)cc2)C1.CN(C)C1CNC1.O=C(Nc1ccc(C(=O)O)cc1)Nc1ccc(-c2nc(N3CCOCC3)c3cccn3n2)cc1. The summed E-state index contributed by atoms with van der Waals surface area (Å²) in [6.45, 7) is 9.59. The lowest BCUT2D eigenvalue weighted by atomic mass is 10.1. The van der Waals surface area contributed by atoms with Gasteiger partial charge in [0, 0.05) is 116 Å². The molecule has 428 valence electrons. The molecule has 6 N–H and O–H groups in total. The van der Waals surface area contributed by atoms with E-state index in [4.69, 9.17) is 24.5 Å². The largest absolute Gasteiger partial charge is 0.478 e. The van der Waals surface area contributed by atoms with Gasteiger partial charge in [-0.2, -0.15) is 0 Å². The molecule has 23 heteroatoms. The minimum Gasteiger partial charge on any atom is -0.478 e. The zero-order valence-corrected chi connectivity index (χ0v) is 45.7. The number of ether oxygens (including phenoxy) is 2. The summed E-state index contributed by atoms with van der Waals surface area (Å²) in [6, 6.07) is 35.9. The summed E-state index contributed by atoms with van der Waals surface area (Å²) in [5.74, 6) is 1.93. The van der Waals surface area contributed by atoms with Gasteiger partial charge in [-0.15, -0.1) is 10.2 Å². The molecule has 4 aliphatic heterocycles. The summed E-state index contributed by atoms with van der Waals surface area (Å²) < 4.78 is 14.6. The van der Waals surface area contributed by atoms with Crippen molar-refractivity contribution in [2.75, 3.05) is 138 Å². The first-order chi connectivity index (χ1) is 39.3. The molecule has 4 aromatic heterocycles. The number of likely N-dealkylation sites (N-methyl/N-ethyl adjacent to an activating group) is 2. The Hall–Kier alpha value is -9.00. The third-order valence-corrected chi connectivity index (χ3v) is 14.3. The van der Waals surface area contributed by atoms with Crippen LogP contribution in [0.2, 0.25) is 0 Å². The molecule has 0 radical (unpaired) electrons. The molecule has 12 rings (SSSR count). The quantitative estimate of drug-likeness (QED) is 0.0722. The van der Waals surface area contributed by atoms with Gasteiger partial charge in [-0.3, -0.25) is 4.79 Å². The number of morpholine rings is 2. The maximum Gasteiger partial charge on any atom is 0.335 e. The summed E-state index contributed by atoms with van der Waals surface area (Å²) in [6.07, 6.45) is 3.81. The van der Waals surface area contributed by atoms with E-state index in [1.165, 1.54) is 37.4 Å². The van der Waals surface area contributed by atoms with E-state index in [-0.39, 0.29) is 24.9 Å². The van der Waals surface area contributed by atoms with E-state index in [0.717, 1.165) is 79.1 Å². The molecular formula is C59H70N16O7. The molecule has 4 aromatic carbocycles. The Morgan fingerprint density at radius 2 is 0.915 bits per heavy atom. The summed E-state index contributed by atoms with van der Waals surface area (Å²) in [4.78, 5) is 68.8. The number of aromatic nitrogens is 6. The van der Waals surface area contributed by atoms with E-state index in [1.807, 2.05) is 101 Å². The van der Waals surface area contributed by atoms with E-state index in [2.05, 4.69) is 70.5 Å². The molecule has 0 atom stereocenters. The Bertz CT molecular complexity index is 3440. The van der Waals surface area contributed by atoms with Gasteiger partial charge in [0.2, 0.25) is 0 Å². The number of carboxylic acids is 1. The van der Waals surface area contributed by atoms with Gasteiger partial charge in [-0.25, -0.2) is 33.4 Å². The summed E-state index contributed by atoms with van der Waals surface area (Å²) in [5, 5.41) is 32.6. The first-order valence-corrected chi connectivity index (χ1v) is 26.8. The predicted octanol–water partition coefficient (Wildman–Crippen LogP) is 6.99. The standard InChI is InChI=1S/C29H32N8O3.C24H22N6O4.C5H12N2.CH4/c1-34(2)24-18-36(19-24)28(38)21-7-11-23(12-8-21)31-29(39)30-22-9-5-20(6-10-22)26-32-27(35-14-16-40-17-15-35)25-4-3-13-37(25)33-26;31-23(32)17-5-9-19(10-6-17)26-24(33)25-18-7-3-16(4-8-18)21-27-22(29-12-14-34-15-13-29)20-2-1-11-30(20)28-21;1-7(2)5-3-6-4-5;/h3-13,24H,14-19H2,1-2H3,(H2,30,31,39);1-11H,12-15H2,(H,31,32)(H2,25,26,33);5-6H,3-4H2,1-2H3;1H4. The van der Waals surface area contributed by atoms with Crippen LogP contribution in [0.4, 0.5) is 44.0 Å². The maximum absolute atomic E-state index is 12.6. The van der Waals surface area contributed by atoms with Crippen molar-refractivity contribution in [2.45, 2.75) is 19.5 Å². The Labute approximate surface area is 475 Å². The highest BCUT2D eigenvalue weighted by Crippen LogP contribution is 2.28. The molecule has 4 fully saturated rings. The molecular weight excluding hydrogens is 1040 g/mol. The third kappa shape index (κ3) is 14.1. The average Bonchev–Trinajstić information content (AvgIpc) is 4.28. The molecule has 0 bridgehead atoms. The van der Waals surface area contributed by atoms with Crippen LogP contribution < -0.4 is 36.4 Å². The normalized spacial score (nSPS) is 15.3. The number of carbonyl (C=O) groups excluding carboxylic acids is 3. The number of rotatable bonds is 12.